The van der Waals surface area contributed by atoms with Crippen LogP contribution >= 0.6 is 11.6 Å². The zero-order chi connectivity index (χ0) is 12.4. The number of aryl methyl sites for hydroxylation is 1. The van der Waals surface area contributed by atoms with E-state index < -0.39 is 5.97 Å². The quantitative estimate of drug-likeness (QED) is 0.831. The molecule has 6 heteroatoms. The second kappa shape index (κ2) is 4.55. The molecule has 0 unspecified atom stereocenters. The second-order valence-corrected chi connectivity index (χ2v) is 3.83. The van der Waals surface area contributed by atoms with Crippen LogP contribution in [0.25, 0.3) is 11.3 Å². The maximum atomic E-state index is 11.3. The number of nitrogens with zero attached hydrogens (tertiary/aromatic N) is 2. The van der Waals surface area contributed by atoms with E-state index >= 15 is 0 Å². The van der Waals surface area contributed by atoms with Gasteiger partial charge in [-0.1, -0.05) is 11.6 Å². The predicted molar refractivity (Wildman–Crippen MR) is 62.9 cm³/mol. The molecular formula is C11H10ClN3O2. The molecule has 0 aromatic carbocycles. The van der Waals surface area contributed by atoms with Crippen LogP contribution < -0.4 is 0 Å². The summed E-state index contributed by atoms with van der Waals surface area (Å²) in [6, 6.07) is 3.39. The van der Waals surface area contributed by atoms with Crippen LogP contribution in [0.4, 0.5) is 0 Å². The van der Waals surface area contributed by atoms with Crippen molar-refractivity contribution in [2.45, 2.75) is 6.92 Å². The van der Waals surface area contributed by atoms with Gasteiger partial charge in [-0.3, -0.25) is 0 Å². The van der Waals surface area contributed by atoms with Gasteiger partial charge in [-0.05, 0) is 24.6 Å². The van der Waals surface area contributed by atoms with E-state index in [0.29, 0.717) is 16.5 Å². The molecule has 88 valence electrons. The van der Waals surface area contributed by atoms with Gasteiger partial charge in [0.15, 0.2) is 5.15 Å². The first kappa shape index (κ1) is 11.6. The summed E-state index contributed by atoms with van der Waals surface area (Å²) in [4.78, 5) is 14.2. The van der Waals surface area contributed by atoms with Crippen molar-refractivity contribution in [2.24, 2.45) is 0 Å². The van der Waals surface area contributed by atoms with Crippen molar-refractivity contribution in [3.8, 4) is 11.3 Å². The molecule has 2 heterocycles. The zero-order valence-corrected chi connectivity index (χ0v) is 10.1. The van der Waals surface area contributed by atoms with Crippen molar-refractivity contribution in [3.63, 3.8) is 0 Å². The number of esters is 1. The Hall–Kier alpha value is -1.88. The van der Waals surface area contributed by atoms with E-state index in [9.17, 15) is 4.79 Å². The van der Waals surface area contributed by atoms with Crippen LogP contribution in [-0.2, 0) is 4.74 Å². The Labute approximate surface area is 103 Å². The summed E-state index contributed by atoms with van der Waals surface area (Å²) in [6.45, 7) is 1.87. The van der Waals surface area contributed by atoms with Gasteiger partial charge < -0.3 is 9.72 Å². The normalized spacial score (nSPS) is 10.3. The number of hydrogen-bond acceptors (Lipinski definition) is 4. The molecule has 0 saturated heterocycles. The fourth-order valence-corrected chi connectivity index (χ4v) is 1.83. The van der Waals surface area contributed by atoms with Crippen LogP contribution in [0.15, 0.2) is 18.3 Å². The summed E-state index contributed by atoms with van der Waals surface area (Å²) < 4.78 is 4.61. The largest absolute Gasteiger partial charge is 0.464 e. The molecule has 2 aromatic rings. The third-order valence-corrected chi connectivity index (χ3v) is 2.62. The SMILES string of the molecule is COC(=O)c1ccc(-c2c(C)cnnc2Cl)[nH]1. The highest BCUT2D eigenvalue weighted by Gasteiger charge is 2.13. The Morgan fingerprint density at radius 1 is 1.47 bits per heavy atom. The summed E-state index contributed by atoms with van der Waals surface area (Å²) in [5.74, 6) is -0.424. The topological polar surface area (TPSA) is 67.9 Å². The molecule has 0 aliphatic heterocycles. The first-order valence-electron chi connectivity index (χ1n) is 4.89. The minimum absolute atomic E-state index is 0.295. The number of rotatable bonds is 2. The predicted octanol–water partition coefficient (Wildman–Crippen LogP) is 2.22. The number of hydrogen-bond donors (Lipinski definition) is 1. The fourth-order valence-electron chi connectivity index (χ4n) is 1.54. The van der Waals surface area contributed by atoms with E-state index in [1.165, 1.54) is 7.11 Å². The third-order valence-electron chi connectivity index (χ3n) is 2.36. The number of methoxy groups -OCH3 is 1. The van der Waals surface area contributed by atoms with Gasteiger partial charge in [0.2, 0.25) is 0 Å². The maximum Gasteiger partial charge on any atom is 0.354 e. The Balaban J connectivity index is 2.47. The highest BCUT2D eigenvalue weighted by Crippen LogP contribution is 2.27. The lowest BCUT2D eigenvalue weighted by molar-refractivity contribution is 0.0595. The van der Waals surface area contributed by atoms with Gasteiger partial charge in [0.05, 0.1) is 13.3 Å². The highest BCUT2D eigenvalue weighted by atomic mass is 35.5. The lowest BCUT2D eigenvalue weighted by atomic mass is 10.1. The molecule has 5 nitrogen and oxygen atoms in total. The summed E-state index contributed by atoms with van der Waals surface area (Å²) in [5, 5.41) is 7.81. The molecule has 17 heavy (non-hydrogen) atoms. The average molecular weight is 252 g/mol. The molecule has 0 spiro atoms. The van der Waals surface area contributed by atoms with Gasteiger partial charge in [0.1, 0.15) is 5.69 Å². The second-order valence-electron chi connectivity index (χ2n) is 3.47. The molecule has 0 atom stereocenters. The average Bonchev–Trinajstić information content (AvgIpc) is 2.77. The maximum absolute atomic E-state index is 11.3. The number of carbonyl (C=O) groups is 1. The molecule has 1 N–H and O–H groups in total. The van der Waals surface area contributed by atoms with Crippen molar-refractivity contribution < 1.29 is 9.53 Å². The van der Waals surface area contributed by atoms with Crippen molar-refractivity contribution in [3.05, 3.63) is 34.7 Å². The molecule has 0 saturated carbocycles. The van der Waals surface area contributed by atoms with Crippen LogP contribution in [-0.4, -0.2) is 28.3 Å². The monoisotopic (exact) mass is 251 g/mol. The van der Waals surface area contributed by atoms with Gasteiger partial charge in [0, 0.05) is 11.3 Å². The summed E-state index contributed by atoms with van der Waals surface area (Å²) >= 11 is 5.98. The molecule has 0 radical (unpaired) electrons. The minimum atomic E-state index is -0.424. The number of aromatic amines is 1. The van der Waals surface area contributed by atoms with Crippen molar-refractivity contribution >= 4 is 17.6 Å². The lowest BCUT2D eigenvalue weighted by Gasteiger charge is -2.03. The zero-order valence-electron chi connectivity index (χ0n) is 9.32. The van der Waals surface area contributed by atoms with Gasteiger partial charge in [-0.25, -0.2) is 4.79 Å². The Morgan fingerprint density at radius 2 is 2.24 bits per heavy atom. The molecular weight excluding hydrogens is 242 g/mol. The summed E-state index contributed by atoms with van der Waals surface area (Å²) in [7, 11) is 1.33. The van der Waals surface area contributed by atoms with Gasteiger partial charge in [0.25, 0.3) is 0 Å². The molecule has 0 aliphatic carbocycles. The lowest BCUT2D eigenvalue weighted by Crippen LogP contribution is -2.01. The fraction of sp³-hybridized carbons (Fsp3) is 0.182. The van der Waals surface area contributed by atoms with Crippen LogP contribution in [0.5, 0.6) is 0 Å². The van der Waals surface area contributed by atoms with E-state index in [0.717, 1.165) is 11.1 Å². The molecule has 2 aromatic heterocycles. The van der Waals surface area contributed by atoms with Crippen molar-refractivity contribution in [1.29, 1.82) is 0 Å². The van der Waals surface area contributed by atoms with E-state index in [4.69, 9.17) is 11.6 Å². The van der Waals surface area contributed by atoms with Crippen LogP contribution in [0.3, 0.4) is 0 Å². The molecule has 0 bridgehead atoms. The summed E-state index contributed by atoms with van der Waals surface area (Å²) in [5.41, 5.74) is 2.69. The number of aromatic nitrogens is 3. The number of nitrogens with one attached hydrogen (secondary N) is 1. The first-order valence-corrected chi connectivity index (χ1v) is 5.26. The van der Waals surface area contributed by atoms with Gasteiger partial charge in [-0.2, -0.15) is 5.10 Å². The number of ether oxygens (including phenoxy) is 1. The van der Waals surface area contributed by atoms with Crippen LogP contribution in [0, 0.1) is 6.92 Å². The van der Waals surface area contributed by atoms with Crippen molar-refractivity contribution in [2.75, 3.05) is 7.11 Å². The Morgan fingerprint density at radius 3 is 2.88 bits per heavy atom. The third kappa shape index (κ3) is 2.14. The van der Waals surface area contributed by atoms with Gasteiger partial charge >= 0.3 is 5.97 Å². The minimum Gasteiger partial charge on any atom is -0.464 e. The van der Waals surface area contributed by atoms with E-state index in [1.807, 2.05) is 6.92 Å². The van der Waals surface area contributed by atoms with Gasteiger partial charge in [-0.15, -0.1) is 5.10 Å². The molecule has 2 rings (SSSR count). The van der Waals surface area contributed by atoms with Crippen LogP contribution in [0.2, 0.25) is 5.15 Å². The molecule has 0 amide bonds. The smallest absolute Gasteiger partial charge is 0.354 e. The number of H-pyrrole nitrogens is 1. The van der Waals surface area contributed by atoms with Crippen molar-refractivity contribution in [1.82, 2.24) is 15.2 Å². The standard InChI is InChI=1S/C11H10ClN3O2/c1-6-5-13-15-10(12)9(6)7-3-4-8(14-7)11(16)17-2/h3-5,14H,1-2H3. The van der Waals surface area contributed by atoms with E-state index in [-0.39, 0.29) is 0 Å². The number of carbonyl (C=O) groups excluding carboxylic acids is 1. The molecule has 0 fully saturated rings. The van der Waals surface area contributed by atoms with E-state index in [2.05, 4.69) is 19.9 Å². The first-order chi connectivity index (χ1) is 8.13. The van der Waals surface area contributed by atoms with E-state index in [1.54, 1.807) is 18.3 Å². The summed E-state index contributed by atoms with van der Waals surface area (Å²) in [6.07, 6.45) is 1.61. The Kier molecular flexibility index (Phi) is 3.10. The molecule has 0 aliphatic rings. The highest BCUT2D eigenvalue weighted by molar-refractivity contribution is 6.32. The number of halogens is 1. The Bertz CT molecular complexity index is 545. The van der Waals surface area contributed by atoms with Crippen LogP contribution in [0.1, 0.15) is 16.1 Å².